The van der Waals surface area contributed by atoms with E-state index < -0.39 is 5.82 Å². The van der Waals surface area contributed by atoms with Crippen LogP contribution in [0.1, 0.15) is 18.3 Å². The van der Waals surface area contributed by atoms with Crippen molar-refractivity contribution in [1.29, 1.82) is 0 Å². The molecule has 5 heterocycles. The van der Waals surface area contributed by atoms with E-state index in [1.54, 1.807) is 61.4 Å². The van der Waals surface area contributed by atoms with E-state index in [-0.39, 0.29) is 17.7 Å². The summed E-state index contributed by atoms with van der Waals surface area (Å²) in [6.45, 7) is 8.96. The van der Waals surface area contributed by atoms with Gasteiger partial charge in [0.15, 0.2) is 11.6 Å². The largest absolute Gasteiger partial charge is 0.421 e. The van der Waals surface area contributed by atoms with Crippen LogP contribution in [0.4, 0.5) is 16.0 Å². The molecule has 5 aromatic heterocycles. The van der Waals surface area contributed by atoms with Gasteiger partial charge in [0.1, 0.15) is 11.6 Å². The minimum atomic E-state index is -0.597. The maximum atomic E-state index is 15.6. The standard InChI is InChI=1S/C32H27FN8O2S/c1-16(2)31(42)40-25-9-7-21(18(4)39-25)28-26(19-6-8-24(23(33)12-19)43-32-35-11-10-17(3)38-32)27-29(44-28)22(14-36-30(27)34)20-13-37-41(5)15-20/h6-15H,1H2,2-5H3,(H2,34,36)(H,39,40,42). The average Bonchev–Trinajstić information content (AvgIpc) is 3.59. The highest BCUT2D eigenvalue weighted by Crippen LogP contribution is 2.50. The second-order valence-corrected chi connectivity index (χ2v) is 11.3. The number of amides is 1. The number of thiophene rings is 1. The van der Waals surface area contributed by atoms with Crippen LogP contribution in [0.25, 0.3) is 42.8 Å². The Bertz CT molecular complexity index is 2100. The van der Waals surface area contributed by atoms with E-state index in [1.807, 2.05) is 26.2 Å². The predicted octanol–water partition coefficient (Wildman–Crippen LogP) is 6.86. The van der Waals surface area contributed by atoms with Gasteiger partial charge in [0.2, 0.25) is 0 Å². The van der Waals surface area contributed by atoms with Crippen LogP contribution >= 0.6 is 11.3 Å². The number of fused-ring (bicyclic) bond motifs is 1. The van der Waals surface area contributed by atoms with Crippen molar-refractivity contribution in [3.05, 3.63) is 90.5 Å². The molecule has 0 bridgehead atoms. The summed E-state index contributed by atoms with van der Waals surface area (Å²) in [7, 11) is 1.84. The molecule has 6 aromatic rings. The van der Waals surface area contributed by atoms with Crippen molar-refractivity contribution < 1.29 is 13.9 Å². The van der Waals surface area contributed by atoms with E-state index >= 15 is 4.39 Å². The molecule has 0 aliphatic heterocycles. The maximum absolute atomic E-state index is 15.6. The lowest BCUT2D eigenvalue weighted by molar-refractivity contribution is -0.112. The molecule has 0 fully saturated rings. The van der Waals surface area contributed by atoms with Crippen LogP contribution in [-0.4, -0.2) is 35.6 Å². The second kappa shape index (κ2) is 11.3. The summed E-state index contributed by atoms with van der Waals surface area (Å²) < 4.78 is 23.9. The molecule has 220 valence electrons. The number of rotatable bonds is 7. The fraction of sp³-hybridized carbons (Fsp3) is 0.125. The van der Waals surface area contributed by atoms with Gasteiger partial charge in [-0.05, 0) is 56.7 Å². The summed E-state index contributed by atoms with van der Waals surface area (Å²) in [4.78, 5) is 30.4. The average molecular weight is 607 g/mol. The number of nitrogens with one attached hydrogen (secondary N) is 1. The highest BCUT2D eigenvalue weighted by atomic mass is 32.1. The molecule has 0 unspecified atom stereocenters. The molecule has 44 heavy (non-hydrogen) atoms. The Morgan fingerprint density at radius 2 is 1.89 bits per heavy atom. The molecule has 0 spiro atoms. The Morgan fingerprint density at radius 1 is 1.07 bits per heavy atom. The van der Waals surface area contributed by atoms with Gasteiger partial charge in [0, 0.05) is 79.8 Å². The fourth-order valence-corrected chi connectivity index (χ4v) is 6.20. The normalized spacial score (nSPS) is 11.1. The molecule has 12 heteroatoms. The first-order valence-electron chi connectivity index (χ1n) is 13.5. The Hall–Kier alpha value is -5.49. The quantitative estimate of drug-likeness (QED) is 0.188. The highest BCUT2D eigenvalue weighted by Gasteiger charge is 2.24. The smallest absolute Gasteiger partial charge is 0.322 e. The van der Waals surface area contributed by atoms with Crippen LogP contribution in [0.15, 0.2) is 73.3 Å². The number of hydrogen-bond acceptors (Lipinski definition) is 9. The number of nitrogens with zero attached hydrogens (tertiary/aromatic N) is 6. The monoisotopic (exact) mass is 606 g/mol. The lowest BCUT2D eigenvalue weighted by Crippen LogP contribution is -2.13. The first-order chi connectivity index (χ1) is 21.1. The van der Waals surface area contributed by atoms with Crippen LogP contribution in [0, 0.1) is 19.7 Å². The fourth-order valence-electron chi connectivity index (χ4n) is 4.76. The summed E-state index contributed by atoms with van der Waals surface area (Å²) in [5.74, 6) is -0.236. The van der Waals surface area contributed by atoms with Gasteiger partial charge < -0.3 is 15.8 Å². The van der Waals surface area contributed by atoms with Crippen molar-refractivity contribution in [3.8, 4) is 44.5 Å². The van der Waals surface area contributed by atoms with Crippen molar-refractivity contribution in [2.75, 3.05) is 11.1 Å². The number of pyridine rings is 2. The molecule has 1 aromatic carbocycles. The molecule has 0 saturated carbocycles. The predicted molar refractivity (Wildman–Crippen MR) is 170 cm³/mol. The van der Waals surface area contributed by atoms with Gasteiger partial charge in [0.05, 0.1) is 6.20 Å². The minimum Gasteiger partial charge on any atom is -0.421 e. The second-order valence-electron chi connectivity index (χ2n) is 10.3. The zero-order valence-corrected chi connectivity index (χ0v) is 25.2. The summed E-state index contributed by atoms with van der Waals surface area (Å²) in [6, 6.07) is 10.1. The maximum Gasteiger partial charge on any atom is 0.322 e. The van der Waals surface area contributed by atoms with Crippen molar-refractivity contribution in [3.63, 3.8) is 0 Å². The lowest BCUT2D eigenvalue weighted by atomic mass is 9.97. The van der Waals surface area contributed by atoms with Crippen molar-refractivity contribution >= 4 is 39.0 Å². The van der Waals surface area contributed by atoms with Gasteiger partial charge in [0.25, 0.3) is 5.91 Å². The lowest BCUT2D eigenvalue weighted by Gasteiger charge is -2.12. The third-order valence-electron chi connectivity index (χ3n) is 6.91. The van der Waals surface area contributed by atoms with E-state index in [2.05, 4.69) is 36.9 Å². The van der Waals surface area contributed by atoms with Crippen LogP contribution in [0.3, 0.4) is 0 Å². The third kappa shape index (κ3) is 5.38. The topological polar surface area (TPSA) is 134 Å². The Morgan fingerprint density at radius 3 is 2.57 bits per heavy atom. The van der Waals surface area contributed by atoms with Crippen LogP contribution in [-0.2, 0) is 11.8 Å². The zero-order valence-electron chi connectivity index (χ0n) is 24.3. The number of aryl methyl sites for hydroxylation is 3. The Balaban J connectivity index is 1.54. The minimum absolute atomic E-state index is 0.0157. The first-order valence-corrected chi connectivity index (χ1v) is 14.3. The number of halogens is 1. The van der Waals surface area contributed by atoms with Gasteiger partial charge in [-0.15, -0.1) is 11.3 Å². The van der Waals surface area contributed by atoms with E-state index in [0.29, 0.717) is 45.1 Å². The number of carbonyl (C=O) groups excluding carboxylic acids is 1. The number of hydrogen-bond donors (Lipinski definition) is 2. The molecule has 1 amide bonds. The van der Waals surface area contributed by atoms with Crippen LogP contribution in [0.2, 0.25) is 0 Å². The summed E-state index contributed by atoms with van der Waals surface area (Å²) >= 11 is 1.50. The summed E-state index contributed by atoms with van der Waals surface area (Å²) in [6.07, 6.45) is 6.93. The van der Waals surface area contributed by atoms with Crippen LogP contribution < -0.4 is 15.8 Å². The number of nitrogen functional groups attached to an aromatic ring is 1. The SMILES string of the molecule is C=C(C)C(=O)Nc1ccc(-c2sc3c(-c4cnn(C)c4)cnc(N)c3c2-c2ccc(Oc3nccc(C)n3)c(F)c2)c(C)n1. The van der Waals surface area contributed by atoms with E-state index in [4.69, 9.17) is 10.5 Å². The zero-order chi connectivity index (χ0) is 31.1. The molecule has 0 radical (unpaired) electrons. The molecule has 0 saturated heterocycles. The number of carbonyl (C=O) groups is 1. The number of nitrogens with two attached hydrogens (primary N) is 1. The van der Waals surface area contributed by atoms with Gasteiger partial charge in [-0.1, -0.05) is 12.6 Å². The highest BCUT2D eigenvalue weighted by molar-refractivity contribution is 7.23. The third-order valence-corrected chi connectivity index (χ3v) is 8.17. The summed E-state index contributed by atoms with van der Waals surface area (Å²) in [5, 5.41) is 7.76. The summed E-state index contributed by atoms with van der Waals surface area (Å²) in [5.41, 5.74) is 12.0. The van der Waals surface area contributed by atoms with E-state index in [1.165, 1.54) is 17.4 Å². The Labute approximate surface area is 256 Å². The van der Waals surface area contributed by atoms with Gasteiger partial charge in [-0.25, -0.2) is 24.3 Å². The molecule has 10 nitrogen and oxygen atoms in total. The molecule has 0 aliphatic carbocycles. The van der Waals surface area contributed by atoms with Gasteiger partial charge in [-0.2, -0.15) is 5.10 Å². The molecule has 6 rings (SSSR count). The number of anilines is 2. The van der Waals surface area contributed by atoms with Gasteiger partial charge >= 0.3 is 6.01 Å². The van der Waals surface area contributed by atoms with Crippen molar-refractivity contribution in [2.45, 2.75) is 20.8 Å². The van der Waals surface area contributed by atoms with Gasteiger partial charge in [-0.3, -0.25) is 9.48 Å². The van der Waals surface area contributed by atoms with Crippen LogP contribution in [0.5, 0.6) is 11.8 Å². The molecular formula is C32H27FN8O2S. The van der Waals surface area contributed by atoms with Crippen molar-refractivity contribution in [1.82, 2.24) is 29.7 Å². The molecule has 0 atom stereocenters. The van der Waals surface area contributed by atoms with Crippen molar-refractivity contribution in [2.24, 2.45) is 7.05 Å². The first kappa shape index (κ1) is 28.6. The molecule has 0 aliphatic rings. The number of benzene rings is 1. The number of ether oxygens (including phenoxy) is 1. The number of aromatic nitrogens is 6. The molecule has 3 N–H and O–H groups in total. The Kier molecular flexibility index (Phi) is 7.35. The van der Waals surface area contributed by atoms with E-state index in [0.717, 1.165) is 26.3 Å². The molecular weight excluding hydrogens is 579 g/mol. The van der Waals surface area contributed by atoms with E-state index in [9.17, 15) is 4.79 Å².